The van der Waals surface area contributed by atoms with E-state index >= 15 is 0 Å². The Morgan fingerprint density at radius 3 is 2.18 bits per heavy atom. The summed E-state index contributed by atoms with van der Waals surface area (Å²) in [4.78, 5) is 30.0. The van der Waals surface area contributed by atoms with Gasteiger partial charge < -0.3 is 28.9 Å². The molecule has 0 bridgehead atoms. The lowest BCUT2D eigenvalue weighted by Crippen LogP contribution is -2.46. The smallest absolute Gasteiger partial charge is 0.338 e. The van der Waals surface area contributed by atoms with Crippen molar-refractivity contribution in [1.29, 1.82) is 0 Å². The van der Waals surface area contributed by atoms with Gasteiger partial charge in [-0.25, -0.2) is 9.00 Å². The van der Waals surface area contributed by atoms with Crippen LogP contribution in [0.5, 0.6) is 0 Å². The molecule has 2 fully saturated rings. The van der Waals surface area contributed by atoms with Gasteiger partial charge in [-0.2, -0.15) is 0 Å². The maximum Gasteiger partial charge on any atom is 0.338 e. The number of halogens is 1. The highest BCUT2D eigenvalue weighted by Gasteiger charge is 2.34. The highest BCUT2D eigenvalue weighted by atomic mass is 35.5. The molecule has 2 aliphatic rings. The minimum atomic E-state index is -1.73. The van der Waals surface area contributed by atoms with Gasteiger partial charge in [0, 0.05) is 76.5 Å². The molecule has 2 heterocycles. The number of nitrogens with one attached hydrogen (secondary N) is 2. The molecule has 1 unspecified atom stereocenters. The highest BCUT2D eigenvalue weighted by Crippen LogP contribution is 2.47. The fourth-order valence-electron chi connectivity index (χ4n) is 7.38. The summed E-state index contributed by atoms with van der Waals surface area (Å²) >= 11 is 7.52. The van der Waals surface area contributed by atoms with Crippen molar-refractivity contribution in [2.75, 3.05) is 45.4 Å². The van der Waals surface area contributed by atoms with Crippen LogP contribution in [0, 0.1) is 17.0 Å². The van der Waals surface area contributed by atoms with Crippen LogP contribution >= 0.6 is 23.5 Å². The number of hydrogen-bond acceptors (Lipinski definition) is 8. The monoisotopic (exact) mass is 818 g/mol. The van der Waals surface area contributed by atoms with Gasteiger partial charge >= 0.3 is 5.97 Å². The maximum absolute atomic E-state index is 13.3. The number of aromatic carboxylic acids is 1. The van der Waals surface area contributed by atoms with Crippen molar-refractivity contribution in [3.05, 3.63) is 148 Å². The topological polar surface area (TPSA) is 133 Å². The normalized spacial score (nSPS) is 14.6. The van der Waals surface area contributed by atoms with Crippen molar-refractivity contribution >= 4 is 68.9 Å². The van der Waals surface area contributed by atoms with Crippen LogP contribution in [-0.4, -0.2) is 51.0 Å². The second-order valence-electron chi connectivity index (χ2n) is 14.0. The number of aromatic nitrogens is 1. The van der Waals surface area contributed by atoms with Gasteiger partial charge in [-0.3, -0.25) is 10.1 Å². The van der Waals surface area contributed by atoms with E-state index in [-0.39, 0.29) is 16.6 Å². The molecule has 0 radical (unpaired) electrons. The first-order chi connectivity index (χ1) is 27.6. The number of anilines is 4. The van der Waals surface area contributed by atoms with E-state index in [0.29, 0.717) is 22.0 Å². The summed E-state index contributed by atoms with van der Waals surface area (Å²) in [6.07, 6.45) is 2.04. The molecule has 1 aliphatic heterocycles. The van der Waals surface area contributed by atoms with Gasteiger partial charge in [-0.15, -0.1) is 0 Å². The number of carboxylic acid groups (broad SMARTS) is 1. The molecule has 14 heteroatoms. The van der Waals surface area contributed by atoms with Gasteiger partial charge in [-0.1, -0.05) is 54.1 Å². The quantitative estimate of drug-likeness (QED) is 0.0592. The molecule has 1 atom stereocenters. The summed E-state index contributed by atoms with van der Waals surface area (Å²) in [6.45, 7) is 4.97. The molecule has 0 spiro atoms. The van der Waals surface area contributed by atoms with E-state index in [1.165, 1.54) is 18.0 Å². The van der Waals surface area contributed by atoms with Crippen molar-refractivity contribution in [3.63, 3.8) is 0 Å². The van der Waals surface area contributed by atoms with Crippen LogP contribution in [0.25, 0.3) is 22.4 Å². The summed E-state index contributed by atoms with van der Waals surface area (Å²) in [6, 6.07) is 37.8. The van der Waals surface area contributed by atoms with Gasteiger partial charge in [0.2, 0.25) is 0 Å². The first-order valence-electron chi connectivity index (χ1n) is 18.5. The third-order valence-electron chi connectivity index (χ3n) is 10.3. The summed E-state index contributed by atoms with van der Waals surface area (Å²) in [5.74, 6) is -0.937. The molecule has 1 saturated carbocycles. The molecule has 1 aromatic heterocycles. The molecule has 1 aliphatic carbocycles. The number of hydrogen-bond donors (Lipinski definition) is 3. The van der Waals surface area contributed by atoms with E-state index in [0.717, 1.165) is 83.4 Å². The average Bonchev–Trinajstić information content (AvgIpc) is 4.02. The highest BCUT2D eigenvalue weighted by molar-refractivity contribution is 8.00. The number of rotatable bonds is 13. The zero-order chi connectivity index (χ0) is 39.6. The molecular formula is C43H39ClN6O5S2. The Bertz CT molecular complexity index is 2470. The fraction of sp³-hybridized carbons (Fsp3) is 0.186. The van der Waals surface area contributed by atoms with Crippen LogP contribution in [0.4, 0.5) is 28.4 Å². The van der Waals surface area contributed by atoms with Crippen molar-refractivity contribution in [3.8, 4) is 22.4 Å². The second-order valence-corrected chi connectivity index (χ2v) is 16.5. The molecule has 290 valence electrons. The van der Waals surface area contributed by atoms with Gasteiger partial charge in [0.25, 0.3) is 5.69 Å². The van der Waals surface area contributed by atoms with Gasteiger partial charge in [0.1, 0.15) is 5.69 Å². The predicted molar refractivity (Wildman–Crippen MR) is 230 cm³/mol. The molecule has 1 saturated heterocycles. The first kappa shape index (κ1) is 38.1. The summed E-state index contributed by atoms with van der Waals surface area (Å²) in [7, 11) is -1.73. The number of carbonyl (C=O) groups is 1. The van der Waals surface area contributed by atoms with E-state index in [1.807, 2.05) is 97.9 Å². The lowest BCUT2D eigenvalue weighted by atomic mass is 9.96. The average molecular weight is 819 g/mol. The van der Waals surface area contributed by atoms with Crippen LogP contribution in [0.15, 0.2) is 131 Å². The summed E-state index contributed by atoms with van der Waals surface area (Å²) in [5, 5.41) is 23.0. The Morgan fingerprint density at radius 1 is 0.842 bits per heavy atom. The van der Waals surface area contributed by atoms with E-state index in [2.05, 4.69) is 35.9 Å². The van der Waals surface area contributed by atoms with Crippen LogP contribution in [0.1, 0.15) is 34.9 Å². The second kappa shape index (κ2) is 16.4. The van der Waals surface area contributed by atoms with E-state index < -0.39 is 21.9 Å². The molecule has 8 rings (SSSR count). The fourth-order valence-corrected chi connectivity index (χ4v) is 9.08. The van der Waals surface area contributed by atoms with Crippen molar-refractivity contribution in [2.45, 2.75) is 35.6 Å². The van der Waals surface area contributed by atoms with Crippen LogP contribution < -0.4 is 19.2 Å². The predicted octanol–water partition coefficient (Wildman–Crippen LogP) is 10.3. The molecule has 57 heavy (non-hydrogen) atoms. The number of piperazine rings is 1. The molecular weight excluding hydrogens is 780 g/mol. The van der Waals surface area contributed by atoms with Gasteiger partial charge in [-0.05, 0) is 116 Å². The van der Waals surface area contributed by atoms with Crippen LogP contribution in [0.2, 0.25) is 5.02 Å². The Labute approximate surface area is 342 Å². The lowest BCUT2D eigenvalue weighted by Gasteiger charge is -2.37. The Morgan fingerprint density at radius 2 is 1.53 bits per heavy atom. The standard InChI is InChI=1S/C43H39ClN6O5S2/c1-28-40(43(51)52)41(42(49(28)34-18-19-34)29-10-12-31(44)13-11-29)30-6-5-7-35(26-30)48-24-22-47(23-25-48)33-16-14-32(15-17-33)46-57(55)37-20-21-38(39(27-37)50(53)54)45-56-36-8-3-2-4-9-36/h2-17,20-21,26-27,34,45-46H,18-19,22-25H2,1H3,(H,51,52). The number of nitro groups is 1. The van der Waals surface area contributed by atoms with E-state index in [1.54, 1.807) is 12.1 Å². The Kier molecular flexibility index (Phi) is 11.0. The maximum atomic E-state index is 13.3. The zero-order valence-corrected chi connectivity index (χ0v) is 33.3. The third kappa shape index (κ3) is 8.22. The minimum Gasteiger partial charge on any atom is -0.478 e. The molecule has 5 aromatic carbocycles. The number of carboxylic acids is 1. The molecule has 3 N–H and O–H groups in total. The van der Waals surface area contributed by atoms with Crippen molar-refractivity contribution in [1.82, 2.24) is 4.57 Å². The number of nitrogens with zero attached hydrogens (tertiary/aromatic N) is 4. The molecule has 6 aromatic rings. The molecule has 11 nitrogen and oxygen atoms in total. The number of benzene rings is 5. The van der Waals surface area contributed by atoms with Crippen molar-refractivity contribution in [2.24, 2.45) is 0 Å². The lowest BCUT2D eigenvalue weighted by molar-refractivity contribution is -0.384. The van der Waals surface area contributed by atoms with Crippen molar-refractivity contribution < 1.29 is 19.0 Å². The van der Waals surface area contributed by atoms with Gasteiger partial charge in [0.05, 0.1) is 21.1 Å². The first-order valence-corrected chi connectivity index (χ1v) is 20.9. The van der Waals surface area contributed by atoms with E-state index in [9.17, 15) is 24.2 Å². The SMILES string of the molecule is Cc1c(C(=O)O)c(-c2cccc(N3CCN(c4ccc(NS(=O)c5ccc(NSc6ccccc6)c([N+](=O)[O-])c5)cc4)CC3)c2)c(-c2ccc(Cl)cc2)n1C1CC1. The van der Waals surface area contributed by atoms with Gasteiger partial charge in [0.15, 0.2) is 11.0 Å². The minimum absolute atomic E-state index is 0.164. The zero-order valence-electron chi connectivity index (χ0n) is 30.9. The Hall–Kier alpha value is -5.76. The largest absolute Gasteiger partial charge is 0.478 e. The van der Waals surface area contributed by atoms with Crippen LogP contribution in [0.3, 0.4) is 0 Å². The summed E-state index contributed by atoms with van der Waals surface area (Å²) in [5.41, 5.74) is 7.39. The summed E-state index contributed by atoms with van der Waals surface area (Å²) < 4.78 is 21.5. The Balaban J connectivity index is 0.939. The molecule has 0 amide bonds. The third-order valence-corrected chi connectivity index (χ3v) is 12.5. The van der Waals surface area contributed by atoms with Crippen LogP contribution in [-0.2, 0) is 11.0 Å². The van der Waals surface area contributed by atoms with E-state index in [4.69, 9.17) is 11.6 Å². The number of nitro benzene ring substituents is 1.